The Labute approximate surface area is 232 Å². The van der Waals surface area contributed by atoms with Gasteiger partial charge in [0.25, 0.3) is 0 Å². The number of rotatable bonds is 4. The van der Waals surface area contributed by atoms with Crippen molar-refractivity contribution in [2.75, 3.05) is 13.1 Å². The molecule has 3 heterocycles. The lowest BCUT2D eigenvalue weighted by atomic mass is 9.89. The van der Waals surface area contributed by atoms with E-state index in [2.05, 4.69) is 33.1 Å². The van der Waals surface area contributed by atoms with E-state index in [1.54, 1.807) is 29.5 Å². The molecule has 5 rings (SSSR count). The van der Waals surface area contributed by atoms with Crippen LogP contribution in [0, 0.1) is 27.7 Å². The number of benzene rings is 2. The van der Waals surface area contributed by atoms with Gasteiger partial charge in [-0.25, -0.2) is 4.98 Å². The fourth-order valence-electron chi connectivity index (χ4n) is 5.32. The molecular weight excluding hydrogens is 527 g/mol. The first-order chi connectivity index (χ1) is 17.7. The first-order valence-corrected chi connectivity index (χ1v) is 14.3. The third-order valence-corrected chi connectivity index (χ3v) is 9.67. The van der Waals surface area contributed by atoms with E-state index in [4.69, 9.17) is 37.7 Å². The van der Waals surface area contributed by atoms with Crippen LogP contribution in [0.3, 0.4) is 0 Å². The molecule has 1 saturated heterocycles. The van der Waals surface area contributed by atoms with Gasteiger partial charge in [0.15, 0.2) is 0 Å². The van der Waals surface area contributed by atoms with Crippen molar-refractivity contribution in [3.8, 4) is 0 Å². The largest absolute Gasteiger partial charge is 0.342 e. The molecule has 1 fully saturated rings. The zero-order valence-electron chi connectivity index (χ0n) is 21.7. The number of carbonyl (C=O) groups is 1. The summed E-state index contributed by atoms with van der Waals surface area (Å²) >= 11 is 14.0. The number of piperidine rings is 1. The molecule has 37 heavy (non-hydrogen) atoms. The van der Waals surface area contributed by atoms with Crippen molar-refractivity contribution in [1.82, 2.24) is 9.88 Å². The van der Waals surface area contributed by atoms with Gasteiger partial charge < -0.3 is 14.4 Å². The lowest BCUT2D eigenvalue weighted by molar-refractivity contribution is -0.155. The maximum Gasteiger partial charge on any atom is 0.227 e. The molecule has 0 radical (unpaired) electrons. The minimum Gasteiger partial charge on any atom is -0.342 e. The summed E-state index contributed by atoms with van der Waals surface area (Å²) in [7, 11) is 0. The Morgan fingerprint density at radius 3 is 2.24 bits per heavy atom. The molecule has 8 heteroatoms. The van der Waals surface area contributed by atoms with Gasteiger partial charge in [0.1, 0.15) is 5.69 Å². The summed E-state index contributed by atoms with van der Waals surface area (Å²) in [6.07, 6.45) is 1.57. The molecular formula is C29H32Cl2N2O3S. The predicted octanol–water partition coefficient (Wildman–Crippen LogP) is 7.38. The molecule has 1 aromatic heterocycles. The van der Waals surface area contributed by atoms with Gasteiger partial charge in [-0.15, -0.1) is 11.3 Å². The smallest absolute Gasteiger partial charge is 0.227 e. The molecule has 0 saturated carbocycles. The van der Waals surface area contributed by atoms with E-state index in [0.717, 1.165) is 29.1 Å². The molecule has 3 aromatic rings. The lowest BCUT2D eigenvalue weighted by Gasteiger charge is -2.31. The van der Waals surface area contributed by atoms with Crippen LogP contribution in [0.25, 0.3) is 0 Å². The Hall–Kier alpha value is -1.96. The monoisotopic (exact) mass is 558 g/mol. The molecule has 5 nitrogen and oxygen atoms in total. The van der Waals surface area contributed by atoms with Crippen LogP contribution in [-0.2, 0) is 33.9 Å². The van der Waals surface area contributed by atoms with Crippen molar-refractivity contribution >= 4 is 40.4 Å². The van der Waals surface area contributed by atoms with E-state index >= 15 is 0 Å². The van der Waals surface area contributed by atoms with Gasteiger partial charge in [0, 0.05) is 34.4 Å². The van der Waals surface area contributed by atoms with Gasteiger partial charge in [0.05, 0.1) is 24.6 Å². The fourth-order valence-corrected chi connectivity index (χ4v) is 6.69. The number of hydrogen-bond acceptors (Lipinski definition) is 5. The van der Waals surface area contributed by atoms with E-state index in [1.807, 2.05) is 4.90 Å². The Morgan fingerprint density at radius 2 is 1.62 bits per heavy atom. The Bertz CT molecular complexity index is 1290. The second-order valence-corrected chi connectivity index (χ2v) is 11.8. The number of carbonyl (C=O) groups excluding carboxylic acids is 1. The SMILES string of the molecule is Cc1c(C)c(C)c2c(c1C)COC(c1csc(C3CCN(C(=O)Cc4cc(Cl)ccc4Cl)CC3)n1)OC2. The molecule has 0 bridgehead atoms. The third kappa shape index (κ3) is 5.45. The summed E-state index contributed by atoms with van der Waals surface area (Å²) in [6, 6.07) is 5.25. The number of fused-ring (bicyclic) bond motifs is 1. The summed E-state index contributed by atoms with van der Waals surface area (Å²) in [5.41, 5.74) is 9.34. The van der Waals surface area contributed by atoms with Crippen LogP contribution >= 0.6 is 34.5 Å². The second-order valence-electron chi connectivity index (χ2n) is 10.1. The molecule has 0 aliphatic carbocycles. The fraction of sp³-hybridized carbons (Fsp3) is 0.448. The average Bonchev–Trinajstić information content (AvgIpc) is 3.28. The molecule has 0 spiro atoms. The van der Waals surface area contributed by atoms with Crippen LogP contribution in [-0.4, -0.2) is 28.9 Å². The minimum atomic E-state index is -0.471. The van der Waals surface area contributed by atoms with Gasteiger partial charge in [-0.3, -0.25) is 4.79 Å². The summed E-state index contributed by atoms with van der Waals surface area (Å²) in [5.74, 6) is 0.411. The van der Waals surface area contributed by atoms with Crippen LogP contribution in [0.15, 0.2) is 23.6 Å². The number of aromatic nitrogens is 1. The molecule has 2 aromatic carbocycles. The van der Waals surface area contributed by atoms with Gasteiger partial charge in [-0.1, -0.05) is 23.2 Å². The predicted molar refractivity (Wildman–Crippen MR) is 149 cm³/mol. The highest BCUT2D eigenvalue weighted by Crippen LogP contribution is 2.36. The lowest BCUT2D eigenvalue weighted by Crippen LogP contribution is -2.38. The number of amides is 1. The van der Waals surface area contributed by atoms with Crippen molar-refractivity contribution in [3.63, 3.8) is 0 Å². The van der Waals surface area contributed by atoms with Crippen molar-refractivity contribution in [3.05, 3.63) is 83.3 Å². The van der Waals surface area contributed by atoms with Gasteiger partial charge >= 0.3 is 0 Å². The van der Waals surface area contributed by atoms with Gasteiger partial charge in [0.2, 0.25) is 12.2 Å². The normalized spacial score (nSPS) is 17.1. The van der Waals surface area contributed by atoms with Crippen LogP contribution in [0.5, 0.6) is 0 Å². The molecule has 2 aliphatic heterocycles. The van der Waals surface area contributed by atoms with Crippen LogP contribution in [0.2, 0.25) is 10.0 Å². The quantitative estimate of drug-likeness (QED) is 0.335. The first kappa shape index (κ1) is 26.6. The Morgan fingerprint density at radius 1 is 1.00 bits per heavy atom. The van der Waals surface area contributed by atoms with Gasteiger partial charge in [-0.05, 0) is 97.7 Å². The third-order valence-electron chi connectivity index (χ3n) is 8.04. The summed E-state index contributed by atoms with van der Waals surface area (Å²) in [4.78, 5) is 19.7. The highest BCUT2D eigenvalue weighted by Gasteiger charge is 2.29. The van der Waals surface area contributed by atoms with E-state index in [0.29, 0.717) is 42.3 Å². The number of ether oxygens (including phenoxy) is 2. The van der Waals surface area contributed by atoms with Crippen molar-refractivity contribution in [1.29, 1.82) is 0 Å². The average molecular weight is 560 g/mol. The van der Waals surface area contributed by atoms with Crippen molar-refractivity contribution < 1.29 is 14.3 Å². The summed E-state index contributed by atoms with van der Waals surface area (Å²) in [6.45, 7) is 11.2. The number of likely N-dealkylation sites (tertiary alicyclic amines) is 1. The number of nitrogens with zero attached hydrogens (tertiary/aromatic N) is 2. The van der Waals surface area contributed by atoms with Crippen molar-refractivity contribution in [2.24, 2.45) is 0 Å². The van der Waals surface area contributed by atoms with E-state index in [1.165, 1.54) is 33.4 Å². The Balaban J connectivity index is 1.20. The van der Waals surface area contributed by atoms with E-state index < -0.39 is 6.29 Å². The summed E-state index contributed by atoms with van der Waals surface area (Å²) in [5, 5.41) is 4.31. The van der Waals surface area contributed by atoms with Crippen LogP contribution in [0.4, 0.5) is 0 Å². The maximum atomic E-state index is 12.9. The molecule has 0 unspecified atom stereocenters. The number of thiazole rings is 1. The van der Waals surface area contributed by atoms with E-state index in [-0.39, 0.29) is 12.3 Å². The van der Waals surface area contributed by atoms with Crippen LogP contribution in [0.1, 0.15) is 74.7 Å². The minimum absolute atomic E-state index is 0.0818. The zero-order chi connectivity index (χ0) is 26.3. The number of halogens is 2. The first-order valence-electron chi connectivity index (χ1n) is 12.7. The zero-order valence-corrected chi connectivity index (χ0v) is 24.0. The molecule has 196 valence electrons. The van der Waals surface area contributed by atoms with Gasteiger partial charge in [-0.2, -0.15) is 0 Å². The standard InChI is InChI=1S/C29H32Cl2N2O3S/c1-16-17(2)19(4)24-14-36-29(35-13-23(24)18(16)3)26-15-37-28(32-26)20-7-9-33(10-8-20)27(34)12-21-11-22(30)5-6-25(21)31/h5-6,11,15,20,29H,7-10,12-14H2,1-4H3. The maximum absolute atomic E-state index is 12.9. The highest BCUT2D eigenvalue weighted by molar-refractivity contribution is 7.09. The molecule has 0 atom stereocenters. The molecule has 2 aliphatic rings. The second kappa shape index (κ2) is 11.0. The van der Waals surface area contributed by atoms with E-state index in [9.17, 15) is 4.79 Å². The Kier molecular flexibility index (Phi) is 7.94. The highest BCUT2D eigenvalue weighted by atomic mass is 35.5. The van der Waals surface area contributed by atoms with Crippen LogP contribution < -0.4 is 0 Å². The molecule has 1 amide bonds. The topological polar surface area (TPSA) is 51.7 Å². The summed E-state index contributed by atoms with van der Waals surface area (Å²) < 4.78 is 12.4. The molecule has 0 N–H and O–H groups in total. The van der Waals surface area contributed by atoms with Crippen molar-refractivity contribution in [2.45, 2.75) is 72.4 Å². The number of hydrogen-bond donors (Lipinski definition) is 0.